The number of halogens is 1. The molecule has 0 amide bonds. The summed E-state index contributed by atoms with van der Waals surface area (Å²) in [6.45, 7) is 13.3. The van der Waals surface area contributed by atoms with Crippen molar-refractivity contribution in [1.82, 2.24) is 0 Å². The van der Waals surface area contributed by atoms with Gasteiger partial charge in [0.1, 0.15) is 5.83 Å². The van der Waals surface area contributed by atoms with Crippen molar-refractivity contribution in [3.63, 3.8) is 0 Å². The average Bonchev–Trinajstić information content (AvgIpc) is 2.60. The minimum Gasteiger partial charge on any atom is -0.207 e. The van der Waals surface area contributed by atoms with Crippen molar-refractivity contribution in [1.29, 1.82) is 0 Å². The van der Waals surface area contributed by atoms with Gasteiger partial charge in [-0.1, -0.05) is 65.0 Å². The van der Waals surface area contributed by atoms with E-state index < -0.39 is 0 Å². The molecule has 25 heavy (non-hydrogen) atoms. The van der Waals surface area contributed by atoms with E-state index >= 15 is 0 Å². The fraction of sp³-hybridized carbons (Fsp3) is 0.750. The maximum absolute atomic E-state index is 13.4. The normalized spacial score (nSPS) is 23.6. The largest absolute Gasteiger partial charge is 0.207 e. The van der Waals surface area contributed by atoms with Crippen LogP contribution in [-0.2, 0) is 0 Å². The lowest BCUT2D eigenvalue weighted by Gasteiger charge is -2.31. The summed E-state index contributed by atoms with van der Waals surface area (Å²) in [6.07, 6.45) is 22.1. The Bertz CT molecular complexity index is 430. The highest BCUT2D eigenvalue weighted by molar-refractivity contribution is 5.17. The zero-order valence-electron chi connectivity index (χ0n) is 17.6. The summed E-state index contributed by atoms with van der Waals surface area (Å²) in [5, 5.41) is 0. The van der Waals surface area contributed by atoms with Crippen LogP contribution in [0.1, 0.15) is 92.9 Å². The highest BCUT2D eigenvalue weighted by atomic mass is 19.1. The zero-order chi connectivity index (χ0) is 19.5. The molecule has 1 rings (SSSR count). The Morgan fingerprint density at radius 2 is 1.72 bits per heavy atom. The summed E-state index contributed by atoms with van der Waals surface area (Å²) < 4.78 is 13.4. The highest BCUT2D eigenvalue weighted by Crippen LogP contribution is 2.37. The van der Waals surface area contributed by atoms with E-state index in [1.54, 1.807) is 13.0 Å². The van der Waals surface area contributed by atoms with E-state index in [1.807, 2.05) is 0 Å². The Kier molecular flexibility index (Phi) is 11.8. The molecule has 0 radical (unpaired) electrons. The molecule has 1 aliphatic rings. The molecule has 0 heterocycles. The molecule has 0 aliphatic heterocycles. The van der Waals surface area contributed by atoms with Crippen LogP contribution in [0.25, 0.3) is 0 Å². The van der Waals surface area contributed by atoms with Gasteiger partial charge in [0.15, 0.2) is 0 Å². The summed E-state index contributed by atoms with van der Waals surface area (Å²) in [4.78, 5) is 0. The van der Waals surface area contributed by atoms with Crippen molar-refractivity contribution in [2.75, 3.05) is 0 Å². The lowest BCUT2D eigenvalue weighted by Crippen LogP contribution is -2.18. The number of allylic oxidation sites excluding steroid dienone is 4. The van der Waals surface area contributed by atoms with Gasteiger partial charge < -0.3 is 0 Å². The van der Waals surface area contributed by atoms with Gasteiger partial charge in [0.05, 0.1) is 0 Å². The van der Waals surface area contributed by atoms with Gasteiger partial charge in [0.2, 0.25) is 0 Å². The van der Waals surface area contributed by atoms with Crippen LogP contribution in [-0.4, -0.2) is 0 Å². The van der Waals surface area contributed by atoms with E-state index in [4.69, 9.17) is 0 Å². The number of hydrogen-bond acceptors (Lipinski definition) is 0. The molecule has 144 valence electrons. The van der Waals surface area contributed by atoms with Crippen molar-refractivity contribution < 1.29 is 4.39 Å². The van der Waals surface area contributed by atoms with E-state index in [9.17, 15) is 4.39 Å². The van der Waals surface area contributed by atoms with Crippen molar-refractivity contribution in [2.24, 2.45) is 23.2 Å². The first-order valence-electron chi connectivity index (χ1n) is 10.1. The van der Waals surface area contributed by atoms with Gasteiger partial charge in [0.25, 0.3) is 0 Å². The SMILES string of the molecule is C#C.C/C=C(F)\C=C(/C)C(C)CCC(C)(C)CCC1CCC(C)CC1. The molecule has 0 nitrogen and oxygen atoms in total. The predicted molar refractivity (Wildman–Crippen MR) is 111 cm³/mol. The molecule has 1 aliphatic carbocycles. The predicted octanol–water partition coefficient (Wildman–Crippen LogP) is 8.10. The van der Waals surface area contributed by atoms with E-state index in [-0.39, 0.29) is 5.83 Å². The minimum atomic E-state index is -0.111. The maximum Gasteiger partial charge on any atom is 0.118 e. The van der Waals surface area contributed by atoms with Gasteiger partial charge in [-0.25, -0.2) is 4.39 Å². The van der Waals surface area contributed by atoms with Crippen LogP contribution < -0.4 is 0 Å². The van der Waals surface area contributed by atoms with Crippen LogP contribution in [0.3, 0.4) is 0 Å². The third-order valence-electron chi connectivity index (χ3n) is 6.04. The average molecular weight is 349 g/mol. The molecule has 0 saturated heterocycles. The summed E-state index contributed by atoms with van der Waals surface area (Å²) in [6, 6.07) is 0. The van der Waals surface area contributed by atoms with Crippen LogP contribution in [0.5, 0.6) is 0 Å². The number of hydrogen-bond donors (Lipinski definition) is 0. The molecule has 1 unspecified atom stereocenters. The second-order valence-corrected chi connectivity index (χ2v) is 8.83. The monoisotopic (exact) mass is 348 g/mol. The molecule has 1 saturated carbocycles. The summed E-state index contributed by atoms with van der Waals surface area (Å²) in [5.41, 5.74) is 1.58. The van der Waals surface area contributed by atoms with E-state index in [0.29, 0.717) is 11.3 Å². The first kappa shape index (κ1) is 24.0. The van der Waals surface area contributed by atoms with Gasteiger partial charge in [0, 0.05) is 0 Å². The van der Waals surface area contributed by atoms with Gasteiger partial charge in [-0.05, 0) is 68.8 Å². The van der Waals surface area contributed by atoms with Gasteiger partial charge in [-0.15, -0.1) is 12.8 Å². The first-order valence-corrected chi connectivity index (χ1v) is 10.1. The quantitative estimate of drug-likeness (QED) is 0.307. The van der Waals surface area contributed by atoms with Crippen LogP contribution in [0.15, 0.2) is 23.6 Å². The second kappa shape index (κ2) is 12.3. The summed E-state index contributed by atoms with van der Waals surface area (Å²) >= 11 is 0. The Morgan fingerprint density at radius 3 is 2.24 bits per heavy atom. The Morgan fingerprint density at radius 1 is 1.16 bits per heavy atom. The third kappa shape index (κ3) is 10.5. The molecule has 0 aromatic rings. The molecule has 0 spiro atoms. The fourth-order valence-corrected chi connectivity index (χ4v) is 3.62. The van der Waals surface area contributed by atoms with E-state index in [1.165, 1.54) is 51.0 Å². The lowest BCUT2D eigenvalue weighted by atomic mass is 9.75. The molecule has 1 atom stereocenters. The third-order valence-corrected chi connectivity index (χ3v) is 6.04. The summed E-state index contributed by atoms with van der Waals surface area (Å²) in [7, 11) is 0. The minimum absolute atomic E-state index is 0.111. The van der Waals surface area contributed by atoms with Gasteiger partial charge in [-0.3, -0.25) is 0 Å². The zero-order valence-corrected chi connectivity index (χ0v) is 17.6. The first-order chi connectivity index (χ1) is 11.7. The van der Waals surface area contributed by atoms with Crippen molar-refractivity contribution in [2.45, 2.75) is 92.9 Å². The Hall–Kier alpha value is -1.03. The van der Waals surface area contributed by atoms with E-state index in [2.05, 4.69) is 47.5 Å². The smallest absolute Gasteiger partial charge is 0.118 e. The maximum atomic E-state index is 13.4. The molecule has 1 fully saturated rings. The van der Waals surface area contributed by atoms with Crippen molar-refractivity contribution >= 4 is 0 Å². The fourth-order valence-electron chi connectivity index (χ4n) is 3.62. The molecule has 0 bridgehead atoms. The van der Waals surface area contributed by atoms with Crippen LogP contribution in [0.4, 0.5) is 4.39 Å². The summed E-state index contributed by atoms with van der Waals surface area (Å²) in [5.74, 6) is 2.27. The molecular weight excluding hydrogens is 307 g/mol. The van der Waals surface area contributed by atoms with Gasteiger partial charge in [-0.2, -0.15) is 0 Å². The molecule has 1 heteroatoms. The molecule has 0 N–H and O–H groups in total. The molecule has 0 aromatic heterocycles. The highest BCUT2D eigenvalue weighted by Gasteiger charge is 2.23. The van der Waals surface area contributed by atoms with Crippen molar-refractivity contribution in [3.8, 4) is 12.8 Å². The van der Waals surface area contributed by atoms with E-state index in [0.717, 1.165) is 23.8 Å². The van der Waals surface area contributed by atoms with Crippen LogP contribution >= 0.6 is 0 Å². The topological polar surface area (TPSA) is 0 Å². The molecular formula is C24H41F. The number of rotatable bonds is 8. The van der Waals surface area contributed by atoms with Crippen molar-refractivity contribution in [3.05, 3.63) is 23.6 Å². The van der Waals surface area contributed by atoms with Gasteiger partial charge >= 0.3 is 0 Å². The second-order valence-electron chi connectivity index (χ2n) is 8.83. The lowest BCUT2D eigenvalue weighted by molar-refractivity contribution is 0.216. The standard InChI is InChI=1S/C22H39F.C2H2/c1-7-21(23)16-19(4)18(3)12-14-22(5,6)15-13-20-10-8-17(2)9-11-20;1-2/h7,16-18,20H,8-15H2,1-6H3;1-2H/b19-16+,21-7+;. The number of terminal acetylenes is 1. The molecule has 0 aromatic carbocycles. The van der Waals surface area contributed by atoms with Crippen LogP contribution in [0, 0.1) is 36.0 Å². The van der Waals surface area contributed by atoms with Crippen LogP contribution in [0.2, 0.25) is 0 Å². The Balaban J connectivity index is 0.00000277. The Labute approximate surface area is 157 Å².